The zero-order chi connectivity index (χ0) is 13.0. The van der Waals surface area contributed by atoms with Gasteiger partial charge >= 0.3 is 0 Å². The molecule has 0 bridgehead atoms. The minimum Gasteiger partial charge on any atom is -0.497 e. The van der Waals surface area contributed by atoms with Crippen LogP contribution in [0.25, 0.3) is 0 Å². The smallest absolute Gasteiger partial charge is 0.139 e. The molecule has 0 fully saturated rings. The van der Waals surface area contributed by atoms with Gasteiger partial charge in [0.2, 0.25) is 0 Å². The summed E-state index contributed by atoms with van der Waals surface area (Å²) in [7, 11) is 1.64. The van der Waals surface area contributed by atoms with Crippen molar-refractivity contribution in [2.45, 2.75) is 19.1 Å². The lowest BCUT2D eigenvalue weighted by atomic mass is 10.1. The first-order chi connectivity index (χ1) is 8.70. The molecule has 1 heterocycles. The van der Waals surface area contributed by atoms with Crippen LogP contribution in [0, 0.1) is 0 Å². The molecule has 18 heavy (non-hydrogen) atoms. The van der Waals surface area contributed by atoms with Crippen LogP contribution in [0.2, 0.25) is 0 Å². The standard InChI is InChI=1S/C14H17NO2S/c1-10(15)14(11-7-8-18-9-11)17-13-5-3-12(16-2)4-6-13/h3-10,14H,15H2,1-2H3. The molecule has 2 atom stereocenters. The number of thiophene rings is 1. The highest BCUT2D eigenvalue weighted by atomic mass is 32.1. The van der Waals surface area contributed by atoms with E-state index in [-0.39, 0.29) is 12.1 Å². The van der Waals surface area contributed by atoms with Crippen LogP contribution >= 0.6 is 11.3 Å². The van der Waals surface area contributed by atoms with Crippen LogP contribution in [0.4, 0.5) is 0 Å². The van der Waals surface area contributed by atoms with Crippen molar-refractivity contribution in [2.24, 2.45) is 5.73 Å². The second kappa shape index (κ2) is 5.89. The van der Waals surface area contributed by atoms with Gasteiger partial charge in [-0.15, -0.1) is 0 Å². The van der Waals surface area contributed by atoms with E-state index in [0.717, 1.165) is 17.1 Å². The fourth-order valence-corrected chi connectivity index (χ4v) is 2.40. The number of nitrogens with two attached hydrogens (primary N) is 1. The number of methoxy groups -OCH3 is 1. The largest absolute Gasteiger partial charge is 0.497 e. The molecular weight excluding hydrogens is 246 g/mol. The molecule has 0 saturated carbocycles. The Bertz CT molecular complexity index is 465. The highest BCUT2D eigenvalue weighted by Gasteiger charge is 2.18. The third-order valence-electron chi connectivity index (χ3n) is 2.67. The molecule has 96 valence electrons. The summed E-state index contributed by atoms with van der Waals surface area (Å²) >= 11 is 1.65. The maximum atomic E-state index is 5.99. The molecule has 2 aromatic rings. The highest BCUT2D eigenvalue weighted by molar-refractivity contribution is 7.07. The number of ether oxygens (including phenoxy) is 2. The monoisotopic (exact) mass is 263 g/mol. The van der Waals surface area contributed by atoms with Gasteiger partial charge in [0.15, 0.2) is 0 Å². The first-order valence-electron chi connectivity index (χ1n) is 5.79. The number of hydrogen-bond acceptors (Lipinski definition) is 4. The van der Waals surface area contributed by atoms with Gasteiger partial charge in [-0.2, -0.15) is 11.3 Å². The van der Waals surface area contributed by atoms with E-state index in [1.54, 1.807) is 18.4 Å². The average Bonchev–Trinajstić information content (AvgIpc) is 2.90. The molecule has 3 nitrogen and oxygen atoms in total. The lowest BCUT2D eigenvalue weighted by Crippen LogP contribution is -2.28. The molecule has 0 aliphatic carbocycles. The Morgan fingerprint density at radius 2 is 1.78 bits per heavy atom. The number of rotatable bonds is 5. The third-order valence-corrected chi connectivity index (χ3v) is 3.37. The van der Waals surface area contributed by atoms with Gasteiger partial charge in [0.1, 0.15) is 17.6 Å². The van der Waals surface area contributed by atoms with Gasteiger partial charge in [-0.25, -0.2) is 0 Å². The lowest BCUT2D eigenvalue weighted by molar-refractivity contribution is 0.181. The molecule has 1 aromatic heterocycles. The molecule has 0 radical (unpaired) electrons. The summed E-state index contributed by atoms with van der Waals surface area (Å²) in [5.74, 6) is 1.61. The molecular formula is C14H17NO2S. The molecule has 0 amide bonds. The van der Waals surface area contributed by atoms with Crippen molar-refractivity contribution in [3.8, 4) is 11.5 Å². The second-order valence-corrected chi connectivity index (χ2v) is 4.91. The lowest BCUT2D eigenvalue weighted by Gasteiger charge is -2.21. The van der Waals surface area contributed by atoms with Gasteiger partial charge in [-0.05, 0) is 48.0 Å². The van der Waals surface area contributed by atoms with E-state index in [1.165, 1.54) is 0 Å². The topological polar surface area (TPSA) is 44.5 Å². The van der Waals surface area contributed by atoms with Gasteiger partial charge in [0, 0.05) is 11.6 Å². The Balaban J connectivity index is 2.13. The van der Waals surface area contributed by atoms with Crippen molar-refractivity contribution in [3.63, 3.8) is 0 Å². The normalized spacial score (nSPS) is 13.9. The van der Waals surface area contributed by atoms with Crippen molar-refractivity contribution in [2.75, 3.05) is 7.11 Å². The minimum absolute atomic E-state index is 0.0679. The van der Waals surface area contributed by atoms with Crippen molar-refractivity contribution in [1.29, 1.82) is 0 Å². The minimum atomic E-state index is -0.121. The van der Waals surface area contributed by atoms with E-state index in [1.807, 2.05) is 42.6 Å². The summed E-state index contributed by atoms with van der Waals surface area (Å²) in [5, 5.41) is 4.10. The van der Waals surface area contributed by atoms with Gasteiger partial charge in [0.25, 0.3) is 0 Å². The Morgan fingerprint density at radius 1 is 1.11 bits per heavy atom. The Hall–Kier alpha value is -1.52. The summed E-state index contributed by atoms with van der Waals surface area (Å²) < 4.78 is 11.1. The molecule has 2 rings (SSSR count). The molecule has 0 aliphatic heterocycles. The van der Waals surface area contributed by atoms with E-state index in [9.17, 15) is 0 Å². The molecule has 0 spiro atoms. The maximum Gasteiger partial charge on any atom is 0.139 e. The predicted octanol–water partition coefficient (Wildman–Crippen LogP) is 3.22. The number of hydrogen-bond donors (Lipinski definition) is 1. The Labute approximate surface area is 111 Å². The fraction of sp³-hybridized carbons (Fsp3) is 0.286. The Morgan fingerprint density at radius 3 is 2.28 bits per heavy atom. The number of benzene rings is 1. The van der Waals surface area contributed by atoms with E-state index >= 15 is 0 Å². The van der Waals surface area contributed by atoms with Gasteiger partial charge in [-0.3, -0.25) is 0 Å². The summed E-state index contributed by atoms with van der Waals surface area (Å²) in [5.41, 5.74) is 7.10. The summed E-state index contributed by atoms with van der Waals surface area (Å²) in [4.78, 5) is 0. The summed E-state index contributed by atoms with van der Waals surface area (Å²) in [6, 6.07) is 9.51. The van der Waals surface area contributed by atoms with Crippen LogP contribution in [0.3, 0.4) is 0 Å². The van der Waals surface area contributed by atoms with Crippen molar-refractivity contribution in [3.05, 3.63) is 46.7 Å². The van der Waals surface area contributed by atoms with Crippen molar-refractivity contribution >= 4 is 11.3 Å². The molecule has 1 aromatic carbocycles. The van der Waals surface area contributed by atoms with Crippen LogP contribution in [0.15, 0.2) is 41.1 Å². The van der Waals surface area contributed by atoms with Crippen LogP contribution in [0.1, 0.15) is 18.6 Å². The Kier molecular flexibility index (Phi) is 4.23. The third kappa shape index (κ3) is 3.03. The van der Waals surface area contributed by atoms with Crippen molar-refractivity contribution < 1.29 is 9.47 Å². The molecule has 2 N–H and O–H groups in total. The van der Waals surface area contributed by atoms with E-state index in [0.29, 0.717) is 0 Å². The quantitative estimate of drug-likeness (QED) is 0.900. The zero-order valence-electron chi connectivity index (χ0n) is 10.5. The average molecular weight is 263 g/mol. The van der Waals surface area contributed by atoms with E-state index in [2.05, 4.69) is 5.38 Å². The second-order valence-electron chi connectivity index (χ2n) is 4.13. The first-order valence-corrected chi connectivity index (χ1v) is 6.73. The van der Waals surface area contributed by atoms with E-state index in [4.69, 9.17) is 15.2 Å². The van der Waals surface area contributed by atoms with Crippen LogP contribution < -0.4 is 15.2 Å². The molecule has 0 aliphatic rings. The maximum absolute atomic E-state index is 5.99. The summed E-state index contributed by atoms with van der Waals surface area (Å²) in [6.07, 6.45) is -0.121. The van der Waals surface area contributed by atoms with Gasteiger partial charge in [0.05, 0.1) is 7.11 Å². The van der Waals surface area contributed by atoms with Gasteiger partial charge in [-0.1, -0.05) is 0 Å². The first kappa shape index (κ1) is 12.9. The van der Waals surface area contributed by atoms with Crippen LogP contribution in [-0.4, -0.2) is 13.2 Å². The van der Waals surface area contributed by atoms with Gasteiger partial charge < -0.3 is 15.2 Å². The van der Waals surface area contributed by atoms with Crippen molar-refractivity contribution in [1.82, 2.24) is 0 Å². The predicted molar refractivity (Wildman–Crippen MR) is 74.3 cm³/mol. The summed E-state index contributed by atoms with van der Waals surface area (Å²) in [6.45, 7) is 1.95. The SMILES string of the molecule is COc1ccc(OC(c2ccsc2)C(C)N)cc1. The van der Waals surface area contributed by atoms with E-state index < -0.39 is 0 Å². The van der Waals surface area contributed by atoms with Crippen LogP contribution in [-0.2, 0) is 0 Å². The molecule has 0 saturated heterocycles. The highest BCUT2D eigenvalue weighted by Crippen LogP contribution is 2.27. The molecule has 2 unspecified atom stereocenters. The van der Waals surface area contributed by atoms with Crippen LogP contribution in [0.5, 0.6) is 11.5 Å². The molecule has 4 heteroatoms. The fourth-order valence-electron chi connectivity index (χ4n) is 1.72. The zero-order valence-corrected chi connectivity index (χ0v) is 11.3.